The monoisotopic (exact) mass is 225 g/mol. The van der Waals surface area contributed by atoms with E-state index in [0.29, 0.717) is 26.1 Å². The van der Waals surface area contributed by atoms with E-state index in [9.17, 15) is 9.59 Å². The minimum absolute atomic E-state index is 0.227. The first-order chi connectivity index (χ1) is 7.70. The molecule has 0 fully saturated rings. The van der Waals surface area contributed by atoms with Gasteiger partial charge < -0.3 is 10.3 Å². The summed E-state index contributed by atoms with van der Waals surface area (Å²) in [5, 5.41) is 0. The average Bonchev–Trinajstić information content (AvgIpc) is 2.28. The Morgan fingerprint density at radius 2 is 2.00 bits per heavy atom. The lowest BCUT2D eigenvalue weighted by Gasteiger charge is -2.08. The second-order valence-electron chi connectivity index (χ2n) is 3.78. The summed E-state index contributed by atoms with van der Waals surface area (Å²) in [6.45, 7) is 3.62. The van der Waals surface area contributed by atoms with Crippen molar-refractivity contribution in [2.75, 3.05) is 6.54 Å². The van der Waals surface area contributed by atoms with E-state index in [-0.39, 0.29) is 11.2 Å². The number of aryl methyl sites for hydroxylation is 1. The molecule has 1 aromatic heterocycles. The van der Waals surface area contributed by atoms with E-state index in [4.69, 9.17) is 5.73 Å². The van der Waals surface area contributed by atoms with E-state index in [2.05, 4.69) is 6.92 Å². The SMILES string of the molecule is CCCCn1ccc(=O)n(CCCN)c1=O. The van der Waals surface area contributed by atoms with Crippen LogP contribution in [0.15, 0.2) is 21.9 Å². The fourth-order valence-electron chi connectivity index (χ4n) is 1.51. The van der Waals surface area contributed by atoms with Crippen molar-refractivity contribution in [3.63, 3.8) is 0 Å². The van der Waals surface area contributed by atoms with Gasteiger partial charge in [-0.2, -0.15) is 0 Å². The third-order valence-corrected chi connectivity index (χ3v) is 2.48. The van der Waals surface area contributed by atoms with Gasteiger partial charge in [-0.25, -0.2) is 4.79 Å². The Balaban J connectivity index is 2.97. The highest BCUT2D eigenvalue weighted by molar-refractivity contribution is 4.86. The van der Waals surface area contributed by atoms with Crippen LogP contribution in [0.4, 0.5) is 0 Å². The van der Waals surface area contributed by atoms with E-state index < -0.39 is 0 Å². The molecular formula is C11H19N3O2. The molecule has 5 nitrogen and oxygen atoms in total. The van der Waals surface area contributed by atoms with Gasteiger partial charge >= 0.3 is 5.69 Å². The largest absolute Gasteiger partial charge is 0.330 e. The van der Waals surface area contributed by atoms with E-state index in [0.717, 1.165) is 12.8 Å². The summed E-state index contributed by atoms with van der Waals surface area (Å²) in [6.07, 6.45) is 4.18. The van der Waals surface area contributed by atoms with Gasteiger partial charge in [0.05, 0.1) is 0 Å². The molecule has 90 valence electrons. The Bertz CT molecular complexity index is 434. The fourth-order valence-corrected chi connectivity index (χ4v) is 1.51. The van der Waals surface area contributed by atoms with Crippen LogP contribution in [0.3, 0.4) is 0 Å². The third kappa shape index (κ3) is 3.06. The first-order valence-corrected chi connectivity index (χ1v) is 5.71. The molecule has 1 rings (SSSR count). The molecule has 1 heterocycles. The summed E-state index contributed by atoms with van der Waals surface area (Å²) in [5.74, 6) is 0. The Hall–Kier alpha value is -1.36. The Labute approximate surface area is 94.5 Å². The molecule has 0 amide bonds. The highest BCUT2D eigenvalue weighted by Gasteiger charge is 2.03. The molecule has 0 radical (unpaired) electrons. The van der Waals surface area contributed by atoms with Crippen molar-refractivity contribution in [1.82, 2.24) is 9.13 Å². The van der Waals surface area contributed by atoms with Crippen molar-refractivity contribution in [1.29, 1.82) is 0 Å². The van der Waals surface area contributed by atoms with Crippen LogP contribution in [0, 0.1) is 0 Å². The number of hydrogen-bond donors (Lipinski definition) is 1. The molecule has 0 saturated heterocycles. The third-order valence-electron chi connectivity index (χ3n) is 2.48. The van der Waals surface area contributed by atoms with Crippen molar-refractivity contribution < 1.29 is 0 Å². The van der Waals surface area contributed by atoms with Gasteiger partial charge in [-0.3, -0.25) is 9.36 Å². The molecule has 0 aliphatic rings. The Kier molecular flexibility index (Phi) is 4.98. The van der Waals surface area contributed by atoms with Gasteiger partial charge in [0, 0.05) is 25.4 Å². The maximum atomic E-state index is 11.9. The van der Waals surface area contributed by atoms with E-state index in [1.165, 1.54) is 10.6 Å². The molecule has 5 heteroatoms. The minimum Gasteiger partial charge on any atom is -0.330 e. The van der Waals surface area contributed by atoms with Crippen LogP contribution in [0.1, 0.15) is 26.2 Å². The van der Waals surface area contributed by atoms with Crippen molar-refractivity contribution >= 4 is 0 Å². The Morgan fingerprint density at radius 1 is 1.25 bits per heavy atom. The van der Waals surface area contributed by atoms with Gasteiger partial charge in [0.1, 0.15) is 0 Å². The van der Waals surface area contributed by atoms with Gasteiger partial charge in [-0.05, 0) is 19.4 Å². The van der Waals surface area contributed by atoms with Crippen LogP contribution < -0.4 is 17.0 Å². The predicted molar refractivity (Wildman–Crippen MR) is 63.5 cm³/mol. The lowest BCUT2D eigenvalue weighted by Crippen LogP contribution is -2.39. The molecule has 2 N–H and O–H groups in total. The smallest absolute Gasteiger partial charge is 0.330 e. The minimum atomic E-state index is -0.244. The summed E-state index contributed by atoms with van der Waals surface area (Å²) < 4.78 is 2.84. The zero-order valence-corrected chi connectivity index (χ0v) is 9.69. The van der Waals surface area contributed by atoms with Gasteiger partial charge in [0.15, 0.2) is 0 Å². The normalized spacial score (nSPS) is 10.6. The van der Waals surface area contributed by atoms with Gasteiger partial charge in [0.2, 0.25) is 0 Å². The first kappa shape index (κ1) is 12.7. The first-order valence-electron chi connectivity index (χ1n) is 5.71. The summed E-state index contributed by atoms with van der Waals surface area (Å²) in [6, 6.07) is 1.44. The molecule has 16 heavy (non-hydrogen) atoms. The van der Waals surface area contributed by atoms with Crippen LogP contribution in [0.25, 0.3) is 0 Å². The maximum Gasteiger partial charge on any atom is 0.330 e. The molecule has 0 aromatic carbocycles. The van der Waals surface area contributed by atoms with Crippen molar-refractivity contribution in [3.05, 3.63) is 33.1 Å². The molecule has 0 spiro atoms. The van der Waals surface area contributed by atoms with Crippen molar-refractivity contribution in [2.45, 2.75) is 39.3 Å². The van der Waals surface area contributed by atoms with Crippen LogP contribution >= 0.6 is 0 Å². The zero-order chi connectivity index (χ0) is 12.0. The Morgan fingerprint density at radius 3 is 2.62 bits per heavy atom. The highest BCUT2D eigenvalue weighted by atomic mass is 16.2. The molecule has 0 unspecified atom stereocenters. The summed E-state index contributed by atoms with van der Waals surface area (Å²) >= 11 is 0. The van der Waals surface area contributed by atoms with Gasteiger partial charge in [0.25, 0.3) is 5.56 Å². The van der Waals surface area contributed by atoms with Crippen molar-refractivity contribution in [3.8, 4) is 0 Å². The number of unbranched alkanes of at least 4 members (excludes halogenated alkanes) is 1. The summed E-state index contributed by atoms with van der Waals surface area (Å²) in [5.41, 5.74) is 4.90. The maximum absolute atomic E-state index is 11.9. The number of aromatic nitrogens is 2. The molecule has 0 aliphatic carbocycles. The number of nitrogens with two attached hydrogens (primary N) is 1. The standard InChI is InChI=1S/C11H19N3O2/c1-2-3-7-13-9-5-10(15)14(11(13)16)8-4-6-12/h5,9H,2-4,6-8,12H2,1H3. The highest BCUT2D eigenvalue weighted by Crippen LogP contribution is 1.90. The predicted octanol–water partition coefficient (Wildman–Crippen LogP) is 0.159. The quantitative estimate of drug-likeness (QED) is 0.749. The van der Waals surface area contributed by atoms with Crippen LogP contribution in [-0.4, -0.2) is 15.7 Å². The molecule has 0 aliphatic heterocycles. The van der Waals surface area contributed by atoms with Crippen molar-refractivity contribution in [2.24, 2.45) is 5.73 Å². The van der Waals surface area contributed by atoms with Crippen LogP contribution in [0.5, 0.6) is 0 Å². The molecular weight excluding hydrogens is 206 g/mol. The molecule has 0 saturated carbocycles. The van der Waals surface area contributed by atoms with Crippen LogP contribution in [-0.2, 0) is 13.1 Å². The average molecular weight is 225 g/mol. The molecule has 0 atom stereocenters. The summed E-state index contributed by atoms with van der Waals surface area (Å²) in [4.78, 5) is 23.4. The van der Waals surface area contributed by atoms with Gasteiger partial charge in [-0.15, -0.1) is 0 Å². The lowest BCUT2D eigenvalue weighted by molar-refractivity contribution is 0.522. The second-order valence-corrected chi connectivity index (χ2v) is 3.78. The number of rotatable bonds is 6. The van der Waals surface area contributed by atoms with E-state index >= 15 is 0 Å². The number of hydrogen-bond acceptors (Lipinski definition) is 3. The fraction of sp³-hybridized carbons (Fsp3) is 0.636. The second kappa shape index (κ2) is 6.27. The molecule has 1 aromatic rings. The van der Waals surface area contributed by atoms with E-state index in [1.807, 2.05) is 0 Å². The molecule has 0 bridgehead atoms. The summed E-state index contributed by atoms with van der Waals surface area (Å²) in [7, 11) is 0. The topological polar surface area (TPSA) is 70.0 Å². The van der Waals surface area contributed by atoms with E-state index in [1.54, 1.807) is 10.8 Å². The van der Waals surface area contributed by atoms with Crippen LogP contribution in [0.2, 0.25) is 0 Å². The number of nitrogens with zero attached hydrogens (tertiary/aromatic N) is 2. The lowest BCUT2D eigenvalue weighted by atomic mass is 10.3. The zero-order valence-electron chi connectivity index (χ0n) is 9.69. The van der Waals surface area contributed by atoms with Gasteiger partial charge in [-0.1, -0.05) is 13.3 Å².